The second-order valence-electron chi connectivity index (χ2n) is 9.68. The first kappa shape index (κ1) is 23.7. The van der Waals surface area contributed by atoms with E-state index in [4.69, 9.17) is 9.47 Å². The van der Waals surface area contributed by atoms with Crippen molar-refractivity contribution >= 4 is 11.3 Å². The highest BCUT2D eigenvalue weighted by Gasteiger charge is 2.27. The summed E-state index contributed by atoms with van der Waals surface area (Å²) in [7, 11) is 1.57. The van der Waals surface area contributed by atoms with E-state index in [0.29, 0.717) is 12.4 Å². The first-order valence-corrected chi connectivity index (χ1v) is 12.1. The molecule has 1 aliphatic rings. The number of nitrogens with one attached hydrogen (secondary N) is 1. The number of halogens is 1. The fourth-order valence-electron chi connectivity index (χ4n) is 5.09. The van der Waals surface area contributed by atoms with Crippen molar-refractivity contribution < 1.29 is 13.9 Å². The number of fused-ring (bicyclic) bond motifs is 1. The Morgan fingerprint density at radius 1 is 0.806 bits per heavy atom. The molecule has 1 aliphatic heterocycles. The maximum Gasteiger partial charge on any atom is 0.129 e. The maximum absolute atomic E-state index is 14.0. The lowest BCUT2D eigenvalue weighted by Gasteiger charge is -2.33. The van der Waals surface area contributed by atoms with Gasteiger partial charge >= 0.3 is 0 Å². The molecule has 3 nitrogen and oxygen atoms in total. The molecule has 0 aromatic heterocycles. The maximum atomic E-state index is 14.0. The molecular formula is C32H30FNO2. The van der Waals surface area contributed by atoms with Crippen LogP contribution in [0, 0.1) is 5.82 Å². The average Bonchev–Trinajstić information content (AvgIpc) is 2.87. The zero-order valence-corrected chi connectivity index (χ0v) is 21.1. The van der Waals surface area contributed by atoms with Crippen molar-refractivity contribution in [3.05, 3.63) is 108 Å². The fourth-order valence-corrected chi connectivity index (χ4v) is 5.09. The van der Waals surface area contributed by atoms with Gasteiger partial charge in [-0.25, -0.2) is 4.39 Å². The van der Waals surface area contributed by atoms with Crippen molar-refractivity contribution in [1.82, 2.24) is 0 Å². The Kier molecular flexibility index (Phi) is 6.27. The van der Waals surface area contributed by atoms with E-state index in [1.165, 1.54) is 17.7 Å². The van der Waals surface area contributed by atoms with Crippen molar-refractivity contribution in [1.29, 1.82) is 0 Å². The largest absolute Gasteiger partial charge is 0.496 e. The number of para-hydroxylation sites is 1. The Bertz CT molecular complexity index is 1440. The third-order valence-corrected chi connectivity index (χ3v) is 6.54. The minimum Gasteiger partial charge on any atom is -0.496 e. The van der Waals surface area contributed by atoms with Crippen LogP contribution < -0.4 is 14.8 Å². The van der Waals surface area contributed by atoms with Crippen LogP contribution in [-0.4, -0.2) is 12.6 Å². The summed E-state index contributed by atoms with van der Waals surface area (Å²) in [4.78, 5) is 0. The number of ether oxygens (including phenoxy) is 2. The van der Waals surface area contributed by atoms with E-state index in [1.807, 2.05) is 36.4 Å². The van der Waals surface area contributed by atoms with Gasteiger partial charge in [-0.05, 0) is 61.7 Å². The number of anilines is 1. The predicted octanol–water partition coefficient (Wildman–Crippen LogP) is 8.35. The molecule has 0 amide bonds. The predicted molar refractivity (Wildman–Crippen MR) is 146 cm³/mol. The zero-order valence-electron chi connectivity index (χ0n) is 21.1. The van der Waals surface area contributed by atoms with Gasteiger partial charge in [-0.2, -0.15) is 0 Å². The van der Waals surface area contributed by atoms with Gasteiger partial charge in [-0.3, -0.25) is 0 Å². The summed E-state index contributed by atoms with van der Waals surface area (Å²) < 4.78 is 26.1. The van der Waals surface area contributed by atoms with E-state index in [9.17, 15) is 4.39 Å². The zero-order chi connectivity index (χ0) is 25.3. The minimum atomic E-state index is -0.331. The van der Waals surface area contributed by atoms with Gasteiger partial charge in [-0.1, -0.05) is 60.7 Å². The summed E-state index contributed by atoms with van der Waals surface area (Å²) in [5.74, 6) is 0.971. The van der Waals surface area contributed by atoms with Crippen molar-refractivity contribution in [3.63, 3.8) is 0 Å². The SMILES string of the molecule is COc1cc(F)ccc1-c1ccc2c(c1COc1ccccc1-c1ccccc1)C(C)=CC(C)(C)N2. The topological polar surface area (TPSA) is 30.5 Å². The molecule has 5 rings (SSSR count). The lowest BCUT2D eigenvalue weighted by Crippen LogP contribution is -2.32. The monoisotopic (exact) mass is 479 g/mol. The Morgan fingerprint density at radius 2 is 1.53 bits per heavy atom. The van der Waals surface area contributed by atoms with Crippen LogP contribution in [0.3, 0.4) is 0 Å². The molecule has 0 fully saturated rings. The fraction of sp³-hybridized carbons (Fsp3) is 0.188. The molecule has 0 unspecified atom stereocenters. The molecule has 1 heterocycles. The van der Waals surface area contributed by atoms with Crippen LogP contribution in [0.2, 0.25) is 0 Å². The summed E-state index contributed by atoms with van der Waals surface area (Å²) in [6, 6.07) is 27.1. The highest BCUT2D eigenvalue weighted by atomic mass is 19.1. The number of methoxy groups -OCH3 is 1. The molecule has 4 heteroatoms. The van der Waals surface area contributed by atoms with Crippen molar-refractivity contribution in [2.24, 2.45) is 0 Å². The average molecular weight is 480 g/mol. The van der Waals surface area contributed by atoms with E-state index in [1.54, 1.807) is 13.2 Å². The van der Waals surface area contributed by atoms with Crippen LogP contribution in [0.15, 0.2) is 91.0 Å². The highest BCUT2D eigenvalue weighted by Crippen LogP contribution is 2.43. The van der Waals surface area contributed by atoms with Crippen LogP contribution in [0.4, 0.5) is 10.1 Å². The molecule has 0 spiro atoms. The van der Waals surface area contributed by atoms with Crippen LogP contribution in [0.5, 0.6) is 11.5 Å². The molecule has 0 atom stereocenters. The third kappa shape index (κ3) is 4.59. The molecular weight excluding hydrogens is 449 g/mol. The number of rotatable bonds is 6. The second kappa shape index (κ2) is 9.54. The first-order valence-electron chi connectivity index (χ1n) is 12.1. The Labute approximate surface area is 212 Å². The van der Waals surface area contributed by atoms with E-state index in [-0.39, 0.29) is 11.4 Å². The van der Waals surface area contributed by atoms with Gasteiger partial charge in [0, 0.05) is 34.0 Å². The van der Waals surface area contributed by atoms with E-state index in [0.717, 1.165) is 44.8 Å². The summed E-state index contributed by atoms with van der Waals surface area (Å²) in [5, 5.41) is 3.64. The Morgan fingerprint density at radius 3 is 2.31 bits per heavy atom. The number of allylic oxidation sites excluding steroid dienone is 1. The van der Waals surface area contributed by atoms with Gasteiger partial charge in [0.1, 0.15) is 23.9 Å². The molecule has 182 valence electrons. The number of hydrogen-bond acceptors (Lipinski definition) is 3. The van der Waals surface area contributed by atoms with Crippen LogP contribution in [0.1, 0.15) is 31.9 Å². The van der Waals surface area contributed by atoms with Gasteiger partial charge < -0.3 is 14.8 Å². The molecule has 0 radical (unpaired) electrons. The van der Waals surface area contributed by atoms with Crippen molar-refractivity contribution in [2.45, 2.75) is 32.9 Å². The highest BCUT2D eigenvalue weighted by molar-refractivity contribution is 5.88. The lowest BCUT2D eigenvalue weighted by atomic mass is 9.85. The van der Waals surface area contributed by atoms with Gasteiger partial charge in [0.15, 0.2) is 0 Å². The molecule has 4 aromatic carbocycles. The smallest absolute Gasteiger partial charge is 0.129 e. The molecule has 0 bridgehead atoms. The molecule has 36 heavy (non-hydrogen) atoms. The molecule has 0 saturated carbocycles. The molecule has 0 saturated heterocycles. The van der Waals surface area contributed by atoms with E-state index >= 15 is 0 Å². The van der Waals surface area contributed by atoms with Crippen LogP contribution >= 0.6 is 0 Å². The molecule has 4 aromatic rings. The summed E-state index contributed by atoms with van der Waals surface area (Å²) >= 11 is 0. The van der Waals surface area contributed by atoms with E-state index in [2.05, 4.69) is 62.5 Å². The lowest BCUT2D eigenvalue weighted by molar-refractivity contribution is 0.307. The normalized spacial score (nSPS) is 13.9. The van der Waals surface area contributed by atoms with Crippen LogP contribution in [-0.2, 0) is 6.61 Å². The second-order valence-corrected chi connectivity index (χ2v) is 9.68. The first-order chi connectivity index (χ1) is 17.4. The Hall–Kier alpha value is -4.05. The number of benzene rings is 4. The summed E-state index contributed by atoms with van der Waals surface area (Å²) in [6.07, 6.45) is 2.24. The van der Waals surface area contributed by atoms with Crippen molar-refractivity contribution in [2.75, 3.05) is 12.4 Å². The standard InChI is InChI=1S/C32H30FNO2/c1-21-19-32(2,3)34-28-17-16-25(26-15-14-23(33)18-30(26)35-4)27(31(21)28)20-36-29-13-9-8-12-24(29)22-10-6-5-7-11-22/h5-19,34H,20H2,1-4H3. The van der Waals surface area contributed by atoms with Gasteiger partial charge in [0.2, 0.25) is 0 Å². The Balaban J connectivity index is 1.63. The minimum absolute atomic E-state index is 0.162. The van der Waals surface area contributed by atoms with Gasteiger partial charge in [0.05, 0.1) is 12.6 Å². The number of hydrogen-bond donors (Lipinski definition) is 1. The van der Waals surface area contributed by atoms with Gasteiger partial charge in [0.25, 0.3) is 0 Å². The molecule has 0 aliphatic carbocycles. The molecule has 1 N–H and O–H groups in total. The van der Waals surface area contributed by atoms with Crippen molar-refractivity contribution in [3.8, 4) is 33.8 Å². The third-order valence-electron chi connectivity index (χ3n) is 6.54. The quantitative estimate of drug-likeness (QED) is 0.301. The van der Waals surface area contributed by atoms with Crippen LogP contribution in [0.25, 0.3) is 27.8 Å². The van der Waals surface area contributed by atoms with Gasteiger partial charge in [-0.15, -0.1) is 0 Å². The van der Waals surface area contributed by atoms with E-state index < -0.39 is 0 Å². The summed E-state index contributed by atoms with van der Waals surface area (Å²) in [5.41, 5.74) is 8.12. The summed E-state index contributed by atoms with van der Waals surface area (Å²) in [6.45, 7) is 6.79.